The Hall–Kier alpha value is -0.570. The summed E-state index contributed by atoms with van der Waals surface area (Å²) < 4.78 is 0. The predicted molar refractivity (Wildman–Crippen MR) is 67.9 cm³/mol. The third kappa shape index (κ3) is 3.70. The van der Waals surface area contributed by atoms with Crippen LogP contribution in [0.5, 0.6) is 0 Å². The molecule has 2 unspecified atom stereocenters. The molecule has 2 rings (SSSR count). The molecular weight excluding hydrogens is 214 g/mol. The molecule has 0 spiro atoms. The van der Waals surface area contributed by atoms with Crippen molar-refractivity contribution in [1.29, 1.82) is 0 Å². The average Bonchev–Trinajstić information content (AvgIpc) is 2.82. The van der Waals surface area contributed by atoms with Crippen molar-refractivity contribution in [3.8, 4) is 0 Å². The Labute approximate surface area is 104 Å². The van der Waals surface area contributed by atoms with Gasteiger partial charge in [0.15, 0.2) is 0 Å². The van der Waals surface area contributed by atoms with Crippen LogP contribution < -0.4 is 5.32 Å². The number of hydrogen-bond acceptors (Lipinski definition) is 2. The van der Waals surface area contributed by atoms with Gasteiger partial charge in [0.25, 0.3) is 0 Å². The van der Waals surface area contributed by atoms with Gasteiger partial charge in [-0.05, 0) is 50.6 Å². The summed E-state index contributed by atoms with van der Waals surface area (Å²) >= 11 is 0. The van der Waals surface area contributed by atoms with Crippen molar-refractivity contribution in [2.45, 2.75) is 51.4 Å². The van der Waals surface area contributed by atoms with Crippen molar-refractivity contribution < 1.29 is 9.90 Å². The second-order valence-electron chi connectivity index (χ2n) is 5.80. The zero-order valence-electron chi connectivity index (χ0n) is 10.7. The number of aliphatic carboxylic acids is 1. The largest absolute Gasteiger partial charge is 0.481 e. The fourth-order valence-electron chi connectivity index (χ4n) is 3.46. The molecule has 0 saturated heterocycles. The first-order valence-corrected chi connectivity index (χ1v) is 7.21. The van der Waals surface area contributed by atoms with Gasteiger partial charge in [-0.1, -0.05) is 25.7 Å². The first kappa shape index (κ1) is 12.9. The lowest BCUT2D eigenvalue weighted by atomic mass is 9.79. The second kappa shape index (κ2) is 6.39. The molecule has 0 aliphatic heterocycles. The molecule has 0 radical (unpaired) electrons. The van der Waals surface area contributed by atoms with Crippen LogP contribution in [-0.4, -0.2) is 24.2 Å². The molecule has 0 aromatic carbocycles. The van der Waals surface area contributed by atoms with Crippen molar-refractivity contribution in [1.82, 2.24) is 5.32 Å². The van der Waals surface area contributed by atoms with Gasteiger partial charge < -0.3 is 10.4 Å². The van der Waals surface area contributed by atoms with Gasteiger partial charge in [-0.3, -0.25) is 4.79 Å². The first-order chi connectivity index (χ1) is 8.27. The van der Waals surface area contributed by atoms with E-state index in [9.17, 15) is 9.90 Å². The van der Waals surface area contributed by atoms with Crippen LogP contribution in [-0.2, 0) is 4.79 Å². The van der Waals surface area contributed by atoms with Crippen LogP contribution in [0.4, 0.5) is 0 Å². The third-order valence-corrected chi connectivity index (χ3v) is 4.54. The highest BCUT2D eigenvalue weighted by atomic mass is 16.4. The Balaban J connectivity index is 1.70. The fraction of sp³-hybridized carbons (Fsp3) is 0.929. The van der Waals surface area contributed by atoms with E-state index in [0.717, 1.165) is 38.3 Å². The van der Waals surface area contributed by atoms with Crippen molar-refractivity contribution in [3.63, 3.8) is 0 Å². The van der Waals surface area contributed by atoms with Crippen molar-refractivity contribution in [2.75, 3.05) is 13.1 Å². The van der Waals surface area contributed by atoms with Crippen LogP contribution in [0, 0.1) is 17.8 Å². The molecule has 3 nitrogen and oxygen atoms in total. The van der Waals surface area contributed by atoms with Crippen molar-refractivity contribution in [3.05, 3.63) is 0 Å². The summed E-state index contributed by atoms with van der Waals surface area (Å²) in [6, 6.07) is 0. The Bertz CT molecular complexity index is 249. The molecule has 2 atom stereocenters. The quantitative estimate of drug-likeness (QED) is 0.775. The van der Waals surface area contributed by atoms with Gasteiger partial charge >= 0.3 is 5.97 Å². The summed E-state index contributed by atoms with van der Waals surface area (Å²) in [7, 11) is 0. The SMILES string of the molecule is O=C(O)C1CCCCC1CNCC1CCCC1. The summed E-state index contributed by atoms with van der Waals surface area (Å²) in [5.41, 5.74) is 0. The third-order valence-electron chi connectivity index (χ3n) is 4.54. The molecule has 0 aromatic rings. The van der Waals surface area contributed by atoms with Gasteiger partial charge in [0, 0.05) is 0 Å². The number of carboxylic acid groups (broad SMARTS) is 1. The van der Waals surface area contributed by atoms with Gasteiger partial charge in [-0.15, -0.1) is 0 Å². The Morgan fingerprint density at radius 1 is 1.00 bits per heavy atom. The summed E-state index contributed by atoms with van der Waals surface area (Å²) in [5, 5.41) is 12.7. The van der Waals surface area contributed by atoms with E-state index >= 15 is 0 Å². The number of carboxylic acids is 1. The molecule has 2 fully saturated rings. The van der Waals surface area contributed by atoms with E-state index in [1.807, 2.05) is 0 Å². The zero-order valence-corrected chi connectivity index (χ0v) is 10.7. The monoisotopic (exact) mass is 239 g/mol. The number of nitrogens with one attached hydrogen (secondary N) is 1. The molecule has 2 N–H and O–H groups in total. The molecule has 2 aliphatic rings. The summed E-state index contributed by atoms with van der Waals surface area (Å²) in [6.45, 7) is 2.01. The van der Waals surface area contributed by atoms with Gasteiger partial charge in [-0.2, -0.15) is 0 Å². The minimum absolute atomic E-state index is 0.0974. The molecule has 0 bridgehead atoms. The fourth-order valence-corrected chi connectivity index (χ4v) is 3.46. The van der Waals surface area contributed by atoms with Crippen LogP contribution >= 0.6 is 0 Å². The van der Waals surface area contributed by atoms with E-state index in [4.69, 9.17) is 0 Å². The minimum Gasteiger partial charge on any atom is -0.481 e. The van der Waals surface area contributed by atoms with Gasteiger partial charge in [0.2, 0.25) is 0 Å². The number of rotatable bonds is 5. The average molecular weight is 239 g/mol. The maximum Gasteiger partial charge on any atom is 0.306 e. The highest BCUT2D eigenvalue weighted by Gasteiger charge is 2.30. The summed E-state index contributed by atoms with van der Waals surface area (Å²) in [4.78, 5) is 11.2. The van der Waals surface area contributed by atoms with E-state index < -0.39 is 5.97 Å². The molecule has 0 heterocycles. The van der Waals surface area contributed by atoms with Crippen LogP contribution in [0.25, 0.3) is 0 Å². The van der Waals surface area contributed by atoms with E-state index in [1.54, 1.807) is 0 Å². The van der Waals surface area contributed by atoms with Crippen LogP contribution in [0.1, 0.15) is 51.4 Å². The maximum absolute atomic E-state index is 11.2. The van der Waals surface area contributed by atoms with Crippen LogP contribution in [0.3, 0.4) is 0 Å². The van der Waals surface area contributed by atoms with Crippen molar-refractivity contribution >= 4 is 5.97 Å². The highest BCUT2D eigenvalue weighted by Crippen LogP contribution is 2.30. The summed E-state index contributed by atoms with van der Waals surface area (Å²) in [6.07, 6.45) is 9.76. The summed E-state index contributed by atoms with van der Waals surface area (Å²) in [5.74, 6) is 0.529. The molecule has 2 aliphatic carbocycles. The van der Waals surface area contributed by atoms with E-state index in [1.165, 1.54) is 32.1 Å². The Morgan fingerprint density at radius 2 is 1.65 bits per heavy atom. The molecular formula is C14H25NO2. The first-order valence-electron chi connectivity index (χ1n) is 7.21. The molecule has 0 amide bonds. The maximum atomic E-state index is 11.2. The van der Waals surface area contributed by atoms with E-state index in [2.05, 4.69) is 5.32 Å². The molecule has 17 heavy (non-hydrogen) atoms. The zero-order chi connectivity index (χ0) is 12.1. The van der Waals surface area contributed by atoms with E-state index in [-0.39, 0.29) is 5.92 Å². The Kier molecular flexibility index (Phi) is 4.84. The van der Waals surface area contributed by atoms with Gasteiger partial charge in [0.05, 0.1) is 5.92 Å². The normalized spacial score (nSPS) is 30.6. The number of carbonyl (C=O) groups is 1. The number of hydrogen-bond donors (Lipinski definition) is 2. The lowest BCUT2D eigenvalue weighted by molar-refractivity contribution is -0.144. The van der Waals surface area contributed by atoms with Crippen LogP contribution in [0.15, 0.2) is 0 Å². The topological polar surface area (TPSA) is 49.3 Å². The van der Waals surface area contributed by atoms with Crippen molar-refractivity contribution in [2.24, 2.45) is 17.8 Å². The van der Waals surface area contributed by atoms with E-state index in [0.29, 0.717) is 5.92 Å². The second-order valence-corrected chi connectivity index (χ2v) is 5.80. The Morgan fingerprint density at radius 3 is 2.35 bits per heavy atom. The predicted octanol–water partition coefficient (Wildman–Crippen LogP) is 2.66. The molecule has 3 heteroatoms. The molecule has 0 aromatic heterocycles. The van der Waals surface area contributed by atoms with Gasteiger partial charge in [0.1, 0.15) is 0 Å². The molecule has 2 saturated carbocycles. The minimum atomic E-state index is -0.586. The lowest BCUT2D eigenvalue weighted by Crippen LogP contribution is -2.36. The standard InChI is InChI=1S/C14H25NO2/c16-14(17)13-8-4-3-7-12(13)10-15-9-11-5-1-2-6-11/h11-13,15H,1-10H2,(H,16,17). The molecule has 98 valence electrons. The van der Waals surface area contributed by atoms with Crippen LogP contribution in [0.2, 0.25) is 0 Å². The highest BCUT2D eigenvalue weighted by molar-refractivity contribution is 5.70. The van der Waals surface area contributed by atoms with Gasteiger partial charge in [-0.25, -0.2) is 0 Å². The lowest BCUT2D eigenvalue weighted by Gasteiger charge is -2.29. The smallest absolute Gasteiger partial charge is 0.306 e.